The van der Waals surface area contributed by atoms with Crippen LogP contribution < -0.4 is 4.40 Å². The normalized spacial score (nSPS) is 11.6. The van der Waals surface area contributed by atoms with E-state index >= 15 is 0 Å². The second-order valence-corrected chi connectivity index (χ2v) is 27.5. The molecule has 9 aromatic rings. The number of pyridine rings is 2. The molecule has 1 radical (unpaired) electrons. The van der Waals surface area contributed by atoms with Gasteiger partial charge in [0.15, 0.2) is 0 Å². The molecule has 0 N–H and O–H groups in total. The van der Waals surface area contributed by atoms with Gasteiger partial charge in [0, 0.05) is 49.1 Å². The zero-order valence-electron chi connectivity index (χ0n) is 35.3. The molecular formula is C52H50GeIrN4O-2. The Kier molecular flexibility index (Phi) is 12.3. The summed E-state index contributed by atoms with van der Waals surface area (Å²) in [5.41, 5.74) is 14.9. The summed E-state index contributed by atoms with van der Waals surface area (Å²) in [6.45, 7) is 13.2. The van der Waals surface area contributed by atoms with Crippen LogP contribution in [0.2, 0.25) is 17.3 Å². The number of aryl methyl sites for hydroxylation is 2. The van der Waals surface area contributed by atoms with Crippen LogP contribution in [0.1, 0.15) is 61.9 Å². The van der Waals surface area contributed by atoms with Gasteiger partial charge in [0.25, 0.3) is 0 Å². The molecule has 0 amide bonds. The fraction of sp³-hybridized carbons (Fsp3) is 0.212. The van der Waals surface area contributed by atoms with Crippen LogP contribution in [0.15, 0.2) is 132 Å². The largest absolute Gasteiger partial charge is 0 e. The van der Waals surface area contributed by atoms with E-state index < -0.39 is 13.3 Å². The number of aromatic nitrogens is 4. The van der Waals surface area contributed by atoms with Gasteiger partial charge in [-0.15, -0.1) is 17.7 Å². The van der Waals surface area contributed by atoms with Crippen molar-refractivity contribution in [3.63, 3.8) is 0 Å². The van der Waals surface area contributed by atoms with Crippen molar-refractivity contribution in [3.05, 3.63) is 162 Å². The first-order valence-electron chi connectivity index (χ1n) is 20.2. The summed E-state index contributed by atoms with van der Waals surface area (Å²) in [4.78, 5) is 14.4. The number of hydrogen-bond acceptors (Lipinski definition) is 4. The van der Waals surface area contributed by atoms with Crippen molar-refractivity contribution in [1.82, 2.24) is 19.5 Å². The van der Waals surface area contributed by atoms with Crippen LogP contribution in [-0.2, 0) is 20.1 Å². The Morgan fingerprint density at radius 2 is 1.41 bits per heavy atom. The average molecular weight is 1010 g/mol. The predicted octanol–water partition coefficient (Wildman–Crippen LogP) is 13.4. The molecule has 4 aromatic heterocycles. The zero-order valence-corrected chi connectivity index (χ0v) is 39.8. The fourth-order valence-electron chi connectivity index (χ4n) is 7.73. The summed E-state index contributed by atoms with van der Waals surface area (Å²) >= 11 is -1.72. The summed E-state index contributed by atoms with van der Waals surface area (Å²) in [5.74, 6) is 8.55. The summed E-state index contributed by atoms with van der Waals surface area (Å²) in [5, 5.41) is 2.08. The molecule has 0 atom stereocenters. The van der Waals surface area contributed by atoms with E-state index in [0.29, 0.717) is 0 Å². The molecule has 5 aromatic carbocycles. The first-order valence-corrected chi connectivity index (χ1v) is 27.6. The summed E-state index contributed by atoms with van der Waals surface area (Å²) < 4.78 is 10.4. The van der Waals surface area contributed by atoms with Crippen molar-refractivity contribution >= 4 is 50.6 Å². The first-order chi connectivity index (χ1) is 27.9. The third kappa shape index (κ3) is 8.36. The summed E-state index contributed by atoms with van der Waals surface area (Å²) in [6.07, 6.45) is 3.96. The standard InChI is InChI=1S/C38H34N3O.C14H16GeN.Ir/c1-22(2)29-19-27(26-12-8-7-9-13-26)20-30(23(3)4)36(29)41-33-15-11-10-14-32(33)40-38(41)28-17-16-24(5)35-31-21-39-25(6)18-34(31)42-37(28)35;1-15(2,3)13-9-10-14(16-11-13)12-7-5-4-6-8-12;/h7-16,18-23H,1-6H3;4-7,9-11H,1-3H3;/q2*-1;. The Balaban J connectivity index is 0.000000262. The molecule has 59 heavy (non-hydrogen) atoms. The van der Waals surface area contributed by atoms with Gasteiger partial charge >= 0.3 is 99.8 Å². The van der Waals surface area contributed by atoms with Crippen LogP contribution in [0.25, 0.3) is 72.4 Å². The zero-order chi connectivity index (χ0) is 40.7. The maximum Gasteiger partial charge on any atom is 0 e. The minimum atomic E-state index is -1.72. The summed E-state index contributed by atoms with van der Waals surface area (Å²) in [6, 6.07) is 46.9. The van der Waals surface area contributed by atoms with Crippen molar-refractivity contribution in [2.45, 2.75) is 70.6 Å². The molecule has 0 unspecified atom stereocenters. The molecule has 299 valence electrons. The molecule has 0 bridgehead atoms. The van der Waals surface area contributed by atoms with Crippen molar-refractivity contribution in [1.29, 1.82) is 0 Å². The Morgan fingerprint density at radius 3 is 2.05 bits per heavy atom. The number of nitrogens with zero attached hydrogens (tertiary/aromatic N) is 4. The van der Waals surface area contributed by atoms with E-state index in [1.54, 1.807) is 0 Å². The third-order valence-electron chi connectivity index (χ3n) is 10.9. The number of furan rings is 1. The number of para-hydroxylation sites is 2. The minimum absolute atomic E-state index is 0. The van der Waals surface area contributed by atoms with Crippen molar-refractivity contribution in [2.24, 2.45) is 0 Å². The molecule has 0 spiro atoms. The van der Waals surface area contributed by atoms with Crippen molar-refractivity contribution in [2.75, 3.05) is 0 Å². The molecule has 0 aliphatic carbocycles. The monoisotopic (exact) mass is 1010 g/mol. The van der Waals surface area contributed by atoms with Crippen LogP contribution in [-0.4, -0.2) is 32.8 Å². The Morgan fingerprint density at radius 1 is 0.712 bits per heavy atom. The number of benzene rings is 5. The van der Waals surface area contributed by atoms with Gasteiger partial charge in [-0.3, -0.25) is 9.97 Å². The summed E-state index contributed by atoms with van der Waals surface area (Å²) in [7, 11) is 0. The van der Waals surface area contributed by atoms with Gasteiger partial charge < -0.3 is 8.98 Å². The number of fused-ring (bicyclic) bond motifs is 4. The van der Waals surface area contributed by atoms with Crippen LogP contribution in [0.3, 0.4) is 0 Å². The van der Waals surface area contributed by atoms with E-state index in [2.05, 4.69) is 163 Å². The van der Waals surface area contributed by atoms with E-state index in [4.69, 9.17) is 9.40 Å². The van der Waals surface area contributed by atoms with Gasteiger partial charge in [0.2, 0.25) is 0 Å². The SMILES string of the molecule is Cc1cc2oc3c(-c4nc5ccccc5n4-c4c(C(C)C)cc(-c5ccccc5)cc4C(C)C)[c-]cc(C)c3c2cn1.[CH3][Ge]([CH3])([CH3])[c]1ccc(-c2[c-]cccc2)nc1.[Ir]. The molecular weight excluding hydrogens is 961 g/mol. The van der Waals surface area contributed by atoms with Crippen LogP contribution in [0.4, 0.5) is 0 Å². The Labute approximate surface area is 364 Å². The van der Waals surface area contributed by atoms with Gasteiger partial charge in [-0.2, -0.15) is 0 Å². The predicted molar refractivity (Wildman–Crippen MR) is 245 cm³/mol. The molecule has 0 fully saturated rings. The van der Waals surface area contributed by atoms with E-state index in [1.807, 2.05) is 49.6 Å². The van der Waals surface area contributed by atoms with Gasteiger partial charge in [-0.1, -0.05) is 88.0 Å². The smallest absolute Gasteiger partial charge is 0 e. The van der Waals surface area contributed by atoms with Gasteiger partial charge in [-0.25, -0.2) is 0 Å². The van der Waals surface area contributed by atoms with E-state index in [9.17, 15) is 0 Å². The number of rotatable bonds is 7. The minimum Gasteiger partial charge on any atom is 0 e. The first kappa shape index (κ1) is 42.0. The Hall–Kier alpha value is -5.14. The van der Waals surface area contributed by atoms with E-state index in [-0.39, 0.29) is 31.9 Å². The van der Waals surface area contributed by atoms with Crippen molar-refractivity contribution < 1.29 is 24.5 Å². The molecule has 0 saturated heterocycles. The number of imidazole rings is 1. The van der Waals surface area contributed by atoms with Crippen LogP contribution in [0, 0.1) is 26.0 Å². The maximum absolute atomic E-state index is 6.59. The van der Waals surface area contributed by atoms with E-state index in [1.165, 1.54) is 32.3 Å². The second kappa shape index (κ2) is 17.2. The Bertz CT molecular complexity index is 2860. The quantitative estimate of drug-likeness (QED) is 0.118. The fourth-order valence-corrected chi connectivity index (χ4v) is 9.90. The van der Waals surface area contributed by atoms with Gasteiger partial charge in [-0.05, 0) is 65.3 Å². The topological polar surface area (TPSA) is 56.7 Å². The second-order valence-electron chi connectivity index (χ2n) is 16.9. The molecule has 4 heterocycles. The number of hydrogen-bond donors (Lipinski definition) is 0. The molecule has 0 aliphatic rings. The van der Waals surface area contributed by atoms with Gasteiger partial charge in [0.05, 0.1) is 22.4 Å². The van der Waals surface area contributed by atoms with E-state index in [0.717, 1.165) is 66.9 Å². The molecule has 0 aliphatic heterocycles. The van der Waals surface area contributed by atoms with Crippen molar-refractivity contribution in [3.8, 4) is 39.5 Å². The van der Waals surface area contributed by atoms with Crippen LogP contribution in [0.5, 0.6) is 0 Å². The molecule has 5 nitrogen and oxygen atoms in total. The molecule has 9 rings (SSSR count). The van der Waals surface area contributed by atoms with Crippen LogP contribution >= 0.6 is 0 Å². The maximum atomic E-state index is 6.59. The molecule has 7 heteroatoms. The van der Waals surface area contributed by atoms with Gasteiger partial charge in [0.1, 0.15) is 5.58 Å². The third-order valence-corrected chi connectivity index (χ3v) is 15.2. The average Bonchev–Trinajstić information content (AvgIpc) is 3.80. The molecule has 0 saturated carbocycles.